The quantitative estimate of drug-likeness (QED) is 0.0582. The van der Waals surface area contributed by atoms with Crippen LogP contribution in [0.25, 0.3) is 0 Å². The van der Waals surface area contributed by atoms with Crippen molar-refractivity contribution in [1.82, 2.24) is 0 Å². The largest absolute Gasteiger partial charge is 0.516 e. The van der Waals surface area contributed by atoms with Crippen LogP contribution in [0.2, 0.25) is 0 Å². The number of aliphatic hydroxyl groups excluding tert-OH is 4. The number of hydrogen-bond acceptors (Lipinski definition) is 5. The summed E-state index contributed by atoms with van der Waals surface area (Å²) in [6, 6.07) is 0. The lowest BCUT2D eigenvalue weighted by atomic mass is 10.3. The van der Waals surface area contributed by atoms with Crippen molar-refractivity contribution >= 4 is 6.29 Å². The fraction of sp³-hybridized carbons (Fsp3) is 0.625. The van der Waals surface area contributed by atoms with Crippen LogP contribution in [0.15, 0.2) is 86.3 Å². The van der Waals surface area contributed by atoms with E-state index in [4.69, 9.17) is 20.4 Å². The minimum absolute atomic E-state index is 0.174. The van der Waals surface area contributed by atoms with Gasteiger partial charge in [-0.1, -0.05) is 128 Å². The third-order valence-corrected chi connectivity index (χ3v) is 4.28. The van der Waals surface area contributed by atoms with E-state index in [0.717, 1.165) is 89.6 Å². The molecule has 0 unspecified atom stereocenters. The molecule has 0 aliphatic heterocycles. The molecule has 4 N–H and O–H groups in total. The van der Waals surface area contributed by atoms with Crippen LogP contribution in [0.1, 0.15) is 146 Å². The summed E-state index contributed by atoms with van der Waals surface area (Å²) in [4.78, 5) is 9.56. The first-order valence-electron chi connectivity index (χ1n) is 17.1. The highest BCUT2D eigenvalue weighted by atomic mass is 16.3. The molecule has 5 heteroatoms. The van der Waals surface area contributed by atoms with Crippen molar-refractivity contribution < 1.29 is 25.2 Å². The molecule has 45 heavy (non-hydrogen) atoms. The second-order valence-electron chi connectivity index (χ2n) is 8.81. The van der Waals surface area contributed by atoms with E-state index in [-0.39, 0.29) is 19.8 Å². The Kier molecular flexibility index (Phi) is 133. The second kappa shape index (κ2) is 96.9. The zero-order chi connectivity index (χ0) is 36.5. The maximum atomic E-state index is 9.56. The maximum Gasteiger partial charge on any atom is 0.119 e. The van der Waals surface area contributed by atoms with Crippen LogP contribution < -0.4 is 0 Å². The molecule has 0 aliphatic rings. The highest BCUT2D eigenvalue weighted by Gasteiger charge is 1.75. The SMILES string of the molecule is C/C=C/CC.C/C=C\CC.C=CCCC.C=CCCCO.CC=CCCO.CCC=CCO.CCCC=CO.CCCCC=O. The smallest absolute Gasteiger partial charge is 0.119 e. The molecular weight excluding hydrogens is 560 g/mol. The summed E-state index contributed by atoms with van der Waals surface area (Å²) < 4.78 is 0. The van der Waals surface area contributed by atoms with E-state index in [1.165, 1.54) is 6.42 Å². The molecule has 0 radical (unpaired) electrons. The predicted octanol–water partition coefficient (Wildman–Crippen LogP) is 12.0. The fourth-order valence-electron chi connectivity index (χ4n) is 1.92. The summed E-state index contributed by atoms with van der Waals surface area (Å²) in [5, 5.41) is 32.4. The molecular formula is C40H80O5. The predicted molar refractivity (Wildman–Crippen MR) is 207 cm³/mol. The van der Waals surface area contributed by atoms with Crippen LogP contribution in [0.5, 0.6) is 0 Å². The monoisotopic (exact) mass is 641 g/mol. The molecule has 0 atom stereocenters. The fourth-order valence-corrected chi connectivity index (χ4v) is 1.92. The third kappa shape index (κ3) is 189. The minimum atomic E-state index is 0.174. The molecule has 0 saturated heterocycles. The Morgan fingerprint density at radius 1 is 0.511 bits per heavy atom. The second-order valence-corrected chi connectivity index (χ2v) is 8.81. The molecule has 0 aromatic rings. The van der Waals surface area contributed by atoms with E-state index in [2.05, 4.69) is 72.1 Å². The molecule has 0 spiro atoms. The summed E-state index contributed by atoms with van der Waals surface area (Å²) in [6.45, 7) is 26.3. The van der Waals surface area contributed by atoms with Gasteiger partial charge in [0.1, 0.15) is 6.29 Å². The van der Waals surface area contributed by atoms with E-state index >= 15 is 0 Å². The Balaban J connectivity index is -0.0000000580. The number of carbonyl (C=O) groups is 1. The van der Waals surface area contributed by atoms with E-state index in [1.807, 2.05) is 52.0 Å². The highest BCUT2D eigenvalue weighted by Crippen LogP contribution is 1.87. The minimum Gasteiger partial charge on any atom is -0.516 e. The molecule has 0 aliphatic carbocycles. The van der Waals surface area contributed by atoms with Gasteiger partial charge in [-0.2, -0.15) is 0 Å². The van der Waals surface area contributed by atoms with E-state index < -0.39 is 0 Å². The Morgan fingerprint density at radius 2 is 1.00 bits per heavy atom. The van der Waals surface area contributed by atoms with E-state index in [9.17, 15) is 4.79 Å². The first kappa shape index (κ1) is 61.5. The first-order valence-corrected chi connectivity index (χ1v) is 17.1. The van der Waals surface area contributed by atoms with Crippen molar-refractivity contribution in [2.24, 2.45) is 0 Å². The van der Waals surface area contributed by atoms with Gasteiger partial charge in [0, 0.05) is 19.6 Å². The van der Waals surface area contributed by atoms with Crippen LogP contribution in [0.4, 0.5) is 0 Å². The summed E-state index contributed by atoms with van der Waals surface area (Å²) >= 11 is 0. The average Bonchev–Trinajstić information content (AvgIpc) is 3.06. The van der Waals surface area contributed by atoms with Crippen LogP contribution >= 0.6 is 0 Å². The molecule has 5 nitrogen and oxygen atoms in total. The summed E-state index contributed by atoms with van der Waals surface area (Å²) in [7, 11) is 0. The van der Waals surface area contributed by atoms with Crippen molar-refractivity contribution in [2.45, 2.75) is 146 Å². The molecule has 0 aromatic heterocycles. The van der Waals surface area contributed by atoms with E-state index in [0.29, 0.717) is 0 Å². The number of hydrogen-bond donors (Lipinski definition) is 4. The van der Waals surface area contributed by atoms with Gasteiger partial charge in [0.2, 0.25) is 0 Å². The maximum absolute atomic E-state index is 9.56. The Bertz CT molecular complexity index is 517. The lowest BCUT2D eigenvalue weighted by Gasteiger charge is -1.81. The molecule has 0 bridgehead atoms. The summed E-state index contributed by atoms with van der Waals surface area (Å²) in [5.74, 6) is 0. The van der Waals surface area contributed by atoms with Gasteiger partial charge in [-0.3, -0.25) is 0 Å². The number of rotatable bonds is 16. The lowest BCUT2D eigenvalue weighted by Crippen LogP contribution is -1.76. The van der Waals surface area contributed by atoms with Gasteiger partial charge in [-0.15, -0.1) is 13.2 Å². The van der Waals surface area contributed by atoms with Crippen LogP contribution in [-0.2, 0) is 4.79 Å². The molecule has 0 heterocycles. The number of carbonyl (C=O) groups excluding carboxylic acids is 1. The lowest BCUT2D eigenvalue weighted by molar-refractivity contribution is -0.107. The van der Waals surface area contributed by atoms with Crippen molar-refractivity contribution in [2.75, 3.05) is 19.8 Å². The molecule has 270 valence electrons. The Labute approximate surface area is 283 Å². The number of aldehydes is 1. The van der Waals surface area contributed by atoms with Crippen LogP contribution in [0.3, 0.4) is 0 Å². The average molecular weight is 641 g/mol. The summed E-state index contributed by atoms with van der Waals surface area (Å²) in [5.41, 5.74) is 0. The molecule has 0 saturated carbocycles. The van der Waals surface area contributed by atoms with Gasteiger partial charge in [-0.25, -0.2) is 0 Å². The third-order valence-electron chi connectivity index (χ3n) is 4.28. The first-order chi connectivity index (χ1) is 21.8. The molecule has 0 fully saturated rings. The Morgan fingerprint density at radius 3 is 1.11 bits per heavy atom. The summed E-state index contributed by atoms with van der Waals surface area (Å²) in [6.07, 6.45) is 36.7. The van der Waals surface area contributed by atoms with Crippen LogP contribution in [0, 0.1) is 0 Å². The van der Waals surface area contributed by atoms with Gasteiger partial charge in [0.25, 0.3) is 0 Å². The highest BCUT2D eigenvalue weighted by molar-refractivity contribution is 5.48. The van der Waals surface area contributed by atoms with Crippen LogP contribution in [-0.4, -0.2) is 46.5 Å². The number of allylic oxidation sites excluding steroid dienone is 9. The number of aliphatic hydroxyl groups is 4. The number of unbranched alkanes of at least 4 members (excludes halogenated alkanes) is 5. The van der Waals surface area contributed by atoms with Crippen molar-refractivity contribution in [3.8, 4) is 0 Å². The van der Waals surface area contributed by atoms with Crippen molar-refractivity contribution in [3.63, 3.8) is 0 Å². The zero-order valence-electron chi connectivity index (χ0n) is 31.4. The van der Waals surface area contributed by atoms with E-state index in [1.54, 1.807) is 18.2 Å². The van der Waals surface area contributed by atoms with Crippen molar-refractivity contribution in [3.05, 3.63) is 86.3 Å². The van der Waals surface area contributed by atoms with Crippen molar-refractivity contribution in [1.29, 1.82) is 0 Å². The molecule has 0 amide bonds. The van der Waals surface area contributed by atoms with Gasteiger partial charge in [0.15, 0.2) is 0 Å². The molecule has 0 aromatic carbocycles. The normalized spacial score (nSPS) is 9.33. The standard InChI is InChI=1S/5C5H10O.3C5H10/c5*1-2-3-4-5-6;3*1-3-5-4-2/h5H,2-4H2,1H3;4-6H,2-3H2,1H3;3-4,6H,2,5H2,1H3;2-3,6H,4-5H2,1H3;2,6H,1,3-5H2;2*3,5H,4H2,1-2H3;3H,1,4-5H2,2H3/b;;;;;5-3+;5-3-;. The molecule has 0 rings (SSSR count). The van der Waals surface area contributed by atoms with Gasteiger partial charge in [0.05, 0.1) is 12.9 Å². The topological polar surface area (TPSA) is 98.0 Å². The van der Waals surface area contributed by atoms with Gasteiger partial charge < -0.3 is 25.2 Å². The van der Waals surface area contributed by atoms with Gasteiger partial charge in [-0.05, 0) is 78.6 Å². The Hall–Kier alpha value is -2.47. The van der Waals surface area contributed by atoms with Gasteiger partial charge >= 0.3 is 0 Å². The zero-order valence-corrected chi connectivity index (χ0v) is 31.4.